The number of carboxylic acid groups (broad SMARTS) is 1. The maximum Gasteiger partial charge on any atom is 0.317 e. The summed E-state index contributed by atoms with van der Waals surface area (Å²) in [6.45, 7) is 5.35. The van der Waals surface area contributed by atoms with Crippen LogP contribution in [0.1, 0.15) is 26.7 Å². The third-order valence-corrected chi connectivity index (χ3v) is 4.03. The fraction of sp³-hybridized carbons (Fsp3) is 0.846. The molecular weight excluding hydrogens is 280 g/mol. The van der Waals surface area contributed by atoms with Gasteiger partial charge in [-0.3, -0.25) is 4.79 Å². The third-order valence-electron chi connectivity index (χ3n) is 3.10. The molecule has 1 aliphatic rings. The van der Waals surface area contributed by atoms with E-state index in [1.807, 2.05) is 18.7 Å². The van der Waals surface area contributed by atoms with E-state index >= 15 is 0 Å². The van der Waals surface area contributed by atoms with Gasteiger partial charge in [-0.2, -0.15) is 11.8 Å². The number of ether oxygens (including phenoxy) is 1. The monoisotopic (exact) mass is 304 g/mol. The second kappa shape index (κ2) is 9.07. The number of morpholine rings is 1. The molecule has 0 bridgehead atoms. The minimum absolute atomic E-state index is 0.0630. The van der Waals surface area contributed by atoms with Gasteiger partial charge in [0.05, 0.1) is 19.1 Å². The van der Waals surface area contributed by atoms with Crippen molar-refractivity contribution < 1.29 is 19.4 Å². The van der Waals surface area contributed by atoms with Crippen LogP contribution in [-0.4, -0.2) is 65.4 Å². The number of amides is 2. The lowest BCUT2D eigenvalue weighted by molar-refractivity contribution is -0.141. The predicted octanol–water partition coefficient (Wildman–Crippen LogP) is 1.40. The van der Waals surface area contributed by atoms with Crippen molar-refractivity contribution in [3.63, 3.8) is 0 Å². The molecule has 0 aromatic heterocycles. The minimum atomic E-state index is -0.901. The molecule has 2 unspecified atom stereocenters. The maximum atomic E-state index is 12.1. The molecule has 0 radical (unpaired) electrons. The lowest BCUT2D eigenvalue weighted by Crippen LogP contribution is -2.51. The van der Waals surface area contributed by atoms with Gasteiger partial charge < -0.3 is 20.1 Å². The number of carboxylic acids is 1. The zero-order valence-corrected chi connectivity index (χ0v) is 12.9. The standard InChI is InChI=1S/C13H24N2O4S/c1-3-20-7-4-10(2)14-13(18)15-5-6-19-11(9-15)8-12(16)17/h10-11H,3-9H2,1-2H3,(H,14,18)(H,16,17). The molecule has 116 valence electrons. The van der Waals surface area contributed by atoms with E-state index in [0.29, 0.717) is 19.7 Å². The molecular formula is C13H24N2O4S. The summed E-state index contributed by atoms with van der Waals surface area (Å²) in [5.74, 6) is 1.21. The van der Waals surface area contributed by atoms with Crippen molar-refractivity contribution >= 4 is 23.8 Å². The van der Waals surface area contributed by atoms with Crippen LogP contribution in [0.25, 0.3) is 0 Å². The lowest BCUT2D eigenvalue weighted by Gasteiger charge is -2.33. The van der Waals surface area contributed by atoms with Gasteiger partial charge in [0, 0.05) is 19.1 Å². The van der Waals surface area contributed by atoms with Crippen molar-refractivity contribution in [3.8, 4) is 0 Å². The fourth-order valence-electron chi connectivity index (χ4n) is 2.00. The molecule has 6 nitrogen and oxygen atoms in total. The van der Waals surface area contributed by atoms with Crippen molar-refractivity contribution in [2.75, 3.05) is 31.2 Å². The Kier molecular flexibility index (Phi) is 7.76. The van der Waals surface area contributed by atoms with Crippen molar-refractivity contribution in [2.24, 2.45) is 0 Å². The largest absolute Gasteiger partial charge is 0.481 e. The SMILES string of the molecule is CCSCCC(C)NC(=O)N1CCOC(CC(=O)O)C1. The first-order valence-electron chi connectivity index (χ1n) is 6.99. The topological polar surface area (TPSA) is 78.9 Å². The van der Waals surface area contributed by atoms with Crippen molar-refractivity contribution in [1.29, 1.82) is 0 Å². The van der Waals surface area contributed by atoms with Gasteiger partial charge in [-0.15, -0.1) is 0 Å². The number of aliphatic carboxylic acids is 1. The average Bonchev–Trinajstić information content (AvgIpc) is 2.38. The van der Waals surface area contributed by atoms with Crippen molar-refractivity contribution in [3.05, 3.63) is 0 Å². The number of urea groups is 1. The molecule has 0 aliphatic carbocycles. The number of nitrogens with zero attached hydrogens (tertiary/aromatic N) is 1. The first-order valence-corrected chi connectivity index (χ1v) is 8.15. The average molecular weight is 304 g/mol. The summed E-state index contributed by atoms with van der Waals surface area (Å²) in [7, 11) is 0. The van der Waals surface area contributed by atoms with Gasteiger partial charge in [-0.05, 0) is 24.9 Å². The van der Waals surface area contributed by atoms with E-state index < -0.39 is 12.1 Å². The highest BCUT2D eigenvalue weighted by atomic mass is 32.2. The van der Waals surface area contributed by atoms with Crippen LogP contribution in [-0.2, 0) is 9.53 Å². The van der Waals surface area contributed by atoms with Crippen molar-refractivity contribution in [1.82, 2.24) is 10.2 Å². The quantitative estimate of drug-likeness (QED) is 0.695. The Hall–Kier alpha value is -0.950. The number of hydrogen-bond acceptors (Lipinski definition) is 4. The highest BCUT2D eigenvalue weighted by Gasteiger charge is 2.26. The molecule has 20 heavy (non-hydrogen) atoms. The van der Waals surface area contributed by atoms with Crippen LogP contribution in [0.5, 0.6) is 0 Å². The fourth-order valence-corrected chi connectivity index (χ4v) is 2.81. The van der Waals surface area contributed by atoms with E-state index in [-0.39, 0.29) is 18.5 Å². The number of carbonyl (C=O) groups excluding carboxylic acids is 1. The molecule has 1 aliphatic heterocycles. The molecule has 0 aromatic carbocycles. The molecule has 1 rings (SSSR count). The summed E-state index contributed by atoms with van der Waals surface area (Å²) in [5.41, 5.74) is 0. The van der Waals surface area contributed by atoms with Gasteiger partial charge in [0.15, 0.2) is 0 Å². The Morgan fingerprint density at radius 2 is 2.30 bits per heavy atom. The number of rotatable bonds is 7. The summed E-state index contributed by atoms with van der Waals surface area (Å²) >= 11 is 1.86. The zero-order valence-electron chi connectivity index (χ0n) is 12.1. The van der Waals surface area contributed by atoms with Crippen LogP contribution in [0.2, 0.25) is 0 Å². The Balaban J connectivity index is 2.32. The van der Waals surface area contributed by atoms with Crippen LogP contribution in [0, 0.1) is 0 Å². The summed E-state index contributed by atoms with van der Waals surface area (Å²) in [6, 6.07) is 0.00000546. The summed E-state index contributed by atoms with van der Waals surface area (Å²) < 4.78 is 5.35. The van der Waals surface area contributed by atoms with Crippen LogP contribution < -0.4 is 5.32 Å². The Morgan fingerprint density at radius 3 is 2.95 bits per heavy atom. The summed E-state index contributed by atoms with van der Waals surface area (Å²) in [6.07, 6.45) is 0.470. The van der Waals surface area contributed by atoms with Gasteiger partial charge in [-0.1, -0.05) is 6.92 Å². The first kappa shape index (κ1) is 17.1. The highest BCUT2D eigenvalue weighted by molar-refractivity contribution is 7.99. The summed E-state index contributed by atoms with van der Waals surface area (Å²) in [4.78, 5) is 24.4. The molecule has 0 aromatic rings. The van der Waals surface area contributed by atoms with Crippen LogP contribution in [0.3, 0.4) is 0 Å². The molecule has 0 spiro atoms. The molecule has 7 heteroatoms. The van der Waals surface area contributed by atoms with E-state index in [1.165, 1.54) is 0 Å². The Labute approximate surface area is 124 Å². The number of carbonyl (C=O) groups is 2. The maximum absolute atomic E-state index is 12.1. The second-order valence-electron chi connectivity index (χ2n) is 4.87. The Bertz CT molecular complexity index is 327. The molecule has 0 saturated carbocycles. The molecule has 2 N–H and O–H groups in total. The van der Waals surface area contributed by atoms with Crippen LogP contribution >= 0.6 is 11.8 Å². The minimum Gasteiger partial charge on any atom is -0.481 e. The lowest BCUT2D eigenvalue weighted by atomic mass is 10.2. The van der Waals surface area contributed by atoms with E-state index in [4.69, 9.17) is 9.84 Å². The second-order valence-corrected chi connectivity index (χ2v) is 6.27. The van der Waals surface area contributed by atoms with E-state index in [9.17, 15) is 9.59 Å². The number of hydrogen-bond donors (Lipinski definition) is 2. The smallest absolute Gasteiger partial charge is 0.317 e. The van der Waals surface area contributed by atoms with Gasteiger partial charge in [0.1, 0.15) is 0 Å². The summed E-state index contributed by atoms with van der Waals surface area (Å²) in [5, 5.41) is 11.7. The van der Waals surface area contributed by atoms with Gasteiger partial charge in [0.2, 0.25) is 0 Å². The predicted molar refractivity (Wildman–Crippen MR) is 79.2 cm³/mol. The number of thioether (sulfide) groups is 1. The van der Waals surface area contributed by atoms with Crippen molar-refractivity contribution in [2.45, 2.75) is 38.8 Å². The first-order chi connectivity index (χ1) is 9.52. The van der Waals surface area contributed by atoms with E-state index in [1.54, 1.807) is 4.90 Å². The van der Waals surface area contributed by atoms with Gasteiger partial charge in [0.25, 0.3) is 0 Å². The molecule has 2 amide bonds. The van der Waals surface area contributed by atoms with E-state index in [0.717, 1.165) is 17.9 Å². The molecule has 1 saturated heterocycles. The van der Waals surface area contributed by atoms with Crippen LogP contribution in [0.15, 0.2) is 0 Å². The third kappa shape index (κ3) is 6.47. The zero-order chi connectivity index (χ0) is 15.0. The molecule has 1 heterocycles. The van der Waals surface area contributed by atoms with E-state index in [2.05, 4.69) is 12.2 Å². The number of nitrogens with one attached hydrogen (secondary N) is 1. The van der Waals surface area contributed by atoms with Gasteiger partial charge >= 0.3 is 12.0 Å². The van der Waals surface area contributed by atoms with Crippen LogP contribution in [0.4, 0.5) is 4.79 Å². The Morgan fingerprint density at radius 1 is 1.55 bits per heavy atom. The van der Waals surface area contributed by atoms with Gasteiger partial charge in [-0.25, -0.2) is 4.79 Å². The molecule has 2 atom stereocenters. The normalized spacial score (nSPS) is 20.5. The highest BCUT2D eigenvalue weighted by Crippen LogP contribution is 2.10. The molecule has 1 fully saturated rings.